The van der Waals surface area contributed by atoms with E-state index in [9.17, 15) is 4.79 Å². The molecule has 2 heterocycles. The zero-order chi connectivity index (χ0) is 12.3. The van der Waals surface area contributed by atoms with Crippen molar-refractivity contribution in [2.45, 2.75) is 25.3 Å². The monoisotopic (exact) mass is 254 g/mol. The third-order valence-electron chi connectivity index (χ3n) is 3.18. The summed E-state index contributed by atoms with van der Waals surface area (Å²) >= 11 is 1.43. The Balaban J connectivity index is 2.12. The third-order valence-corrected chi connectivity index (χ3v) is 4.08. The Hall–Kier alpha value is -1.07. The van der Waals surface area contributed by atoms with Gasteiger partial charge in [-0.25, -0.2) is 0 Å². The molecule has 1 atom stereocenters. The molecule has 1 aliphatic heterocycles. The van der Waals surface area contributed by atoms with E-state index >= 15 is 0 Å². The van der Waals surface area contributed by atoms with Crippen LogP contribution < -0.4 is 10.5 Å². The fourth-order valence-electron chi connectivity index (χ4n) is 2.19. The highest BCUT2D eigenvalue weighted by Gasteiger charge is 2.27. The van der Waals surface area contributed by atoms with E-state index in [2.05, 4.69) is 0 Å². The first kappa shape index (κ1) is 12.4. The summed E-state index contributed by atoms with van der Waals surface area (Å²) in [7, 11) is 1.61. The minimum atomic E-state index is 0.0912. The second kappa shape index (κ2) is 5.51. The molecule has 1 aliphatic rings. The average molecular weight is 254 g/mol. The quantitative estimate of drug-likeness (QED) is 0.893. The fourth-order valence-corrected chi connectivity index (χ4v) is 3.00. The number of likely N-dealkylation sites (tertiary alicyclic amines) is 1. The van der Waals surface area contributed by atoms with Crippen LogP contribution in [0, 0.1) is 0 Å². The number of carbonyl (C=O) groups excluding carboxylic acids is 1. The van der Waals surface area contributed by atoms with Crippen molar-refractivity contribution in [1.29, 1.82) is 0 Å². The SMILES string of the molecule is COc1csc(C(=O)N2CCCCC2CN)c1. The number of nitrogens with zero attached hydrogens (tertiary/aromatic N) is 1. The molecular weight excluding hydrogens is 236 g/mol. The lowest BCUT2D eigenvalue weighted by atomic mass is 10.0. The van der Waals surface area contributed by atoms with Gasteiger partial charge in [-0.3, -0.25) is 4.79 Å². The van der Waals surface area contributed by atoms with Crippen molar-refractivity contribution in [2.24, 2.45) is 5.73 Å². The number of methoxy groups -OCH3 is 1. The number of nitrogens with two attached hydrogens (primary N) is 1. The molecule has 4 nitrogen and oxygen atoms in total. The van der Waals surface area contributed by atoms with Crippen LogP contribution in [0.15, 0.2) is 11.4 Å². The van der Waals surface area contributed by atoms with Crippen molar-refractivity contribution >= 4 is 17.2 Å². The van der Waals surface area contributed by atoms with Crippen molar-refractivity contribution < 1.29 is 9.53 Å². The number of ether oxygens (including phenoxy) is 1. The largest absolute Gasteiger partial charge is 0.496 e. The third kappa shape index (κ3) is 2.61. The maximum absolute atomic E-state index is 12.3. The molecule has 1 unspecified atom stereocenters. The van der Waals surface area contributed by atoms with Crippen LogP contribution in [0.1, 0.15) is 28.9 Å². The zero-order valence-corrected chi connectivity index (χ0v) is 10.8. The number of hydrogen-bond acceptors (Lipinski definition) is 4. The van der Waals surface area contributed by atoms with Gasteiger partial charge in [0.1, 0.15) is 5.75 Å². The van der Waals surface area contributed by atoms with Gasteiger partial charge in [0, 0.05) is 30.6 Å². The summed E-state index contributed by atoms with van der Waals surface area (Å²) in [5.74, 6) is 0.841. The smallest absolute Gasteiger partial charge is 0.264 e. The Kier molecular flexibility index (Phi) is 4.02. The predicted molar refractivity (Wildman–Crippen MR) is 68.6 cm³/mol. The van der Waals surface area contributed by atoms with Crippen molar-refractivity contribution in [1.82, 2.24) is 4.90 Å². The number of carbonyl (C=O) groups is 1. The molecule has 1 saturated heterocycles. The molecule has 0 aliphatic carbocycles. The Morgan fingerprint density at radius 2 is 2.47 bits per heavy atom. The van der Waals surface area contributed by atoms with Crippen LogP contribution in [-0.2, 0) is 0 Å². The summed E-state index contributed by atoms with van der Waals surface area (Å²) in [6, 6.07) is 2.00. The van der Waals surface area contributed by atoms with Crippen LogP contribution in [0.4, 0.5) is 0 Å². The van der Waals surface area contributed by atoms with Gasteiger partial charge in [0.15, 0.2) is 0 Å². The Morgan fingerprint density at radius 3 is 3.12 bits per heavy atom. The van der Waals surface area contributed by atoms with Crippen LogP contribution in [-0.4, -0.2) is 37.0 Å². The molecule has 0 spiro atoms. The van der Waals surface area contributed by atoms with E-state index in [1.165, 1.54) is 17.8 Å². The van der Waals surface area contributed by atoms with E-state index in [1.54, 1.807) is 13.2 Å². The van der Waals surface area contributed by atoms with E-state index in [1.807, 2.05) is 10.3 Å². The number of amides is 1. The number of rotatable bonds is 3. The molecule has 5 heteroatoms. The van der Waals surface area contributed by atoms with Gasteiger partial charge >= 0.3 is 0 Å². The molecule has 2 rings (SSSR count). The number of piperidine rings is 1. The highest BCUT2D eigenvalue weighted by Crippen LogP contribution is 2.25. The minimum absolute atomic E-state index is 0.0912. The van der Waals surface area contributed by atoms with E-state index in [-0.39, 0.29) is 11.9 Å². The van der Waals surface area contributed by atoms with Crippen molar-refractivity contribution in [3.05, 3.63) is 16.3 Å². The van der Waals surface area contributed by atoms with Gasteiger partial charge in [-0.1, -0.05) is 0 Å². The highest BCUT2D eigenvalue weighted by molar-refractivity contribution is 7.12. The molecule has 0 bridgehead atoms. The van der Waals surface area contributed by atoms with Gasteiger partial charge in [0.2, 0.25) is 0 Å². The van der Waals surface area contributed by atoms with Crippen LogP contribution in [0.5, 0.6) is 5.75 Å². The molecule has 94 valence electrons. The van der Waals surface area contributed by atoms with Gasteiger partial charge in [-0.05, 0) is 19.3 Å². The first-order chi connectivity index (χ1) is 8.26. The lowest BCUT2D eigenvalue weighted by molar-refractivity contribution is 0.0628. The standard InChI is InChI=1S/C12H18N2O2S/c1-16-10-6-11(17-8-10)12(15)14-5-3-2-4-9(14)7-13/h6,8-9H,2-5,7,13H2,1H3. The summed E-state index contributed by atoms with van der Waals surface area (Å²) < 4.78 is 5.10. The second-order valence-corrected chi connectivity index (χ2v) is 5.15. The lowest BCUT2D eigenvalue weighted by Crippen LogP contribution is -2.47. The number of hydrogen-bond donors (Lipinski definition) is 1. The Bertz CT molecular complexity index is 392. The molecule has 1 aromatic heterocycles. The summed E-state index contributed by atoms with van der Waals surface area (Å²) in [6.07, 6.45) is 3.26. The van der Waals surface area contributed by atoms with Crippen LogP contribution >= 0.6 is 11.3 Å². The van der Waals surface area contributed by atoms with E-state index in [0.717, 1.165) is 30.0 Å². The van der Waals surface area contributed by atoms with E-state index < -0.39 is 0 Å². The van der Waals surface area contributed by atoms with Gasteiger partial charge in [0.25, 0.3) is 5.91 Å². The lowest BCUT2D eigenvalue weighted by Gasteiger charge is -2.34. The summed E-state index contributed by atoms with van der Waals surface area (Å²) in [5.41, 5.74) is 5.73. The first-order valence-electron chi connectivity index (χ1n) is 5.90. The zero-order valence-electron chi connectivity index (χ0n) is 10.0. The van der Waals surface area contributed by atoms with Crippen LogP contribution in [0.2, 0.25) is 0 Å². The second-order valence-electron chi connectivity index (χ2n) is 4.23. The van der Waals surface area contributed by atoms with E-state index in [0.29, 0.717) is 6.54 Å². The van der Waals surface area contributed by atoms with Crippen molar-refractivity contribution in [3.8, 4) is 5.75 Å². The number of thiophene rings is 1. The fraction of sp³-hybridized carbons (Fsp3) is 0.583. The van der Waals surface area contributed by atoms with Crippen molar-refractivity contribution in [2.75, 3.05) is 20.2 Å². The molecule has 0 radical (unpaired) electrons. The average Bonchev–Trinajstić information content (AvgIpc) is 2.86. The molecule has 1 fully saturated rings. The summed E-state index contributed by atoms with van der Waals surface area (Å²) in [5, 5.41) is 1.86. The molecule has 17 heavy (non-hydrogen) atoms. The molecule has 0 saturated carbocycles. The first-order valence-corrected chi connectivity index (χ1v) is 6.77. The molecule has 0 aromatic carbocycles. The molecule has 1 amide bonds. The van der Waals surface area contributed by atoms with Gasteiger partial charge in [0.05, 0.1) is 12.0 Å². The Labute approximate surface area is 105 Å². The normalized spacial score (nSPS) is 20.4. The Morgan fingerprint density at radius 1 is 1.65 bits per heavy atom. The van der Waals surface area contributed by atoms with Crippen LogP contribution in [0.3, 0.4) is 0 Å². The maximum Gasteiger partial charge on any atom is 0.264 e. The van der Waals surface area contributed by atoms with Gasteiger partial charge in [-0.2, -0.15) is 0 Å². The topological polar surface area (TPSA) is 55.6 Å². The summed E-state index contributed by atoms with van der Waals surface area (Å²) in [4.78, 5) is 15.0. The van der Waals surface area contributed by atoms with Crippen LogP contribution in [0.25, 0.3) is 0 Å². The molecule has 2 N–H and O–H groups in total. The molecular formula is C12H18N2O2S. The highest BCUT2D eigenvalue weighted by atomic mass is 32.1. The van der Waals surface area contributed by atoms with Crippen molar-refractivity contribution in [3.63, 3.8) is 0 Å². The van der Waals surface area contributed by atoms with E-state index in [4.69, 9.17) is 10.5 Å². The van der Waals surface area contributed by atoms with Gasteiger partial charge in [-0.15, -0.1) is 11.3 Å². The minimum Gasteiger partial charge on any atom is -0.496 e. The predicted octanol–water partition coefficient (Wildman–Crippen LogP) is 1.71. The van der Waals surface area contributed by atoms with Gasteiger partial charge < -0.3 is 15.4 Å². The maximum atomic E-state index is 12.3. The summed E-state index contributed by atoms with van der Waals surface area (Å²) in [6.45, 7) is 1.37. The molecule has 1 aromatic rings.